The highest BCUT2D eigenvalue weighted by atomic mass is 32.2. The van der Waals surface area contributed by atoms with Gasteiger partial charge >= 0.3 is 6.18 Å². The molecule has 112 valence electrons. The maximum absolute atomic E-state index is 12.3. The van der Waals surface area contributed by atoms with Crippen LogP contribution in [0.5, 0.6) is 0 Å². The van der Waals surface area contributed by atoms with Crippen molar-refractivity contribution in [2.24, 2.45) is 5.73 Å². The topological polar surface area (TPSA) is 72.2 Å². The molecule has 0 aromatic heterocycles. The highest BCUT2D eigenvalue weighted by Crippen LogP contribution is 2.29. The van der Waals surface area contributed by atoms with E-state index in [1.165, 1.54) is 19.1 Å². The van der Waals surface area contributed by atoms with E-state index in [9.17, 15) is 21.6 Å². The van der Waals surface area contributed by atoms with Crippen LogP contribution in [0.1, 0.15) is 18.1 Å². The molecule has 0 saturated carbocycles. The normalized spacial score (nSPS) is 14.0. The molecule has 0 aliphatic carbocycles. The van der Waals surface area contributed by atoms with Gasteiger partial charge in [-0.25, -0.2) is 13.1 Å². The molecule has 0 saturated heterocycles. The van der Waals surface area contributed by atoms with Gasteiger partial charge < -0.3 is 5.73 Å². The molecule has 0 heterocycles. The zero-order valence-corrected chi connectivity index (χ0v) is 12.1. The van der Waals surface area contributed by atoms with Gasteiger partial charge in [-0.2, -0.15) is 13.2 Å². The summed E-state index contributed by atoms with van der Waals surface area (Å²) in [7, 11) is -3.73. The minimum Gasteiger partial charge on any atom is -0.392 e. The molecule has 1 atom stereocenters. The number of nitrogens with one attached hydrogen (secondary N) is 1. The summed E-state index contributed by atoms with van der Waals surface area (Å²) in [5.41, 5.74) is 4.85. The molecule has 0 amide bonds. The summed E-state index contributed by atoms with van der Waals surface area (Å²) in [5.74, 6) is 0. The first kappa shape index (κ1) is 16.9. The van der Waals surface area contributed by atoms with Crippen LogP contribution in [-0.4, -0.2) is 18.7 Å². The summed E-state index contributed by atoms with van der Waals surface area (Å²) in [6.45, 7) is 1.20. The third kappa shape index (κ3) is 4.43. The minimum atomic E-state index is -4.42. The van der Waals surface area contributed by atoms with Gasteiger partial charge in [0.2, 0.25) is 10.0 Å². The van der Waals surface area contributed by atoms with Gasteiger partial charge in [-0.1, -0.05) is 24.4 Å². The van der Waals surface area contributed by atoms with Crippen LogP contribution in [0.2, 0.25) is 0 Å². The van der Waals surface area contributed by atoms with Crippen molar-refractivity contribution in [2.45, 2.75) is 24.9 Å². The van der Waals surface area contributed by atoms with Gasteiger partial charge in [-0.05, 0) is 24.6 Å². The number of sulfonamides is 1. The number of nitrogens with two attached hydrogens (primary N) is 1. The van der Waals surface area contributed by atoms with Crippen molar-refractivity contribution < 1.29 is 21.6 Å². The molecule has 0 spiro atoms. The average molecular weight is 326 g/mol. The van der Waals surface area contributed by atoms with Crippen molar-refractivity contribution in [1.29, 1.82) is 0 Å². The summed E-state index contributed by atoms with van der Waals surface area (Å²) in [5, 5.41) is -1.05. The Balaban J connectivity index is 2.74. The van der Waals surface area contributed by atoms with Crippen LogP contribution in [-0.2, 0) is 22.7 Å². The molecule has 0 aliphatic heterocycles. The summed E-state index contributed by atoms with van der Waals surface area (Å²) in [6.07, 6.45) is -4.42. The van der Waals surface area contributed by atoms with Crippen molar-refractivity contribution in [3.8, 4) is 0 Å². The summed E-state index contributed by atoms with van der Waals surface area (Å²) in [6, 6.07) is 4.19. The quantitative estimate of drug-likeness (QED) is 0.810. The third-order valence-corrected chi connectivity index (χ3v) is 4.86. The van der Waals surface area contributed by atoms with E-state index in [4.69, 9.17) is 5.73 Å². The largest absolute Gasteiger partial charge is 0.416 e. The number of benzene rings is 1. The van der Waals surface area contributed by atoms with Crippen molar-refractivity contribution in [2.75, 3.05) is 0 Å². The number of hydrogen-bond donors (Lipinski definition) is 2. The maximum Gasteiger partial charge on any atom is 0.416 e. The predicted molar refractivity (Wildman–Crippen MR) is 73.5 cm³/mol. The Morgan fingerprint density at radius 1 is 1.35 bits per heavy atom. The second-order valence-corrected chi connectivity index (χ2v) is 6.66. The smallest absolute Gasteiger partial charge is 0.392 e. The van der Waals surface area contributed by atoms with E-state index in [0.717, 1.165) is 12.1 Å². The van der Waals surface area contributed by atoms with Crippen molar-refractivity contribution >= 4 is 27.2 Å². The molecule has 1 aromatic rings. The summed E-state index contributed by atoms with van der Waals surface area (Å²) >= 11 is 4.59. The van der Waals surface area contributed by atoms with Crippen molar-refractivity contribution in [3.63, 3.8) is 0 Å². The molecule has 3 N–H and O–H groups in total. The minimum absolute atomic E-state index is 0.132. The lowest BCUT2D eigenvalue weighted by Gasteiger charge is -2.13. The Morgan fingerprint density at radius 2 is 1.85 bits per heavy atom. The van der Waals surface area contributed by atoms with Gasteiger partial charge in [0, 0.05) is 6.54 Å². The second kappa shape index (κ2) is 6.06. The predicted octanol–water partition coefficient (Wildman–Crippen LogP) is 1.80. The Kier molecular flexibility index (Phi) is 5.11. The van der Waals surface area contributed by atoms with E-state index in [0.29, 0.717) is 5.56 Å². The van der Waals surface area contributed by atoms with Crippen LogP contribution in [0, 0.1) is 0 Å². The molecule has 0 bridgehead atoms. The highest BCUT2D eigenvalue weighted by molar-refractivity contribution is 7.93. The van der Waals surface area contributed by atoms with Crippen LogP contribution in [0.3, 0.4) is 0 Å². The lowest BCUT2D eigenvalue weighted by Crippen LogP contribution is -2.39. The number of hydrogen-bond acceptors (Lipinski definition) is 3. The first-order valence-corrected chi connectivity index (χ1v) is 7.43. The molecule has 1 rings (SSSR count). The van der Waals surface area contributed by atoms with E-state index in [1.807, 2.05) is 0 Å². The molecule has 9 heteroatoms. The first-order chi connectivity index (χ1) is 9.04. The Morgan fingerprint density at radius 3 is 2.25 bits per heavy atom. The van der Waals surface area contributed by atoms with Crippen molar-refractivity contribution in [1.82, 2.24) is 4.72 Å². The lowest BCUT2D eigenvalue weighted by molar-refractivity contribution is -0.137. The monoisotopic (exact) mass is 326 g/mol. The zero-order chi connectivity index (χ0) is 15.6. The fourth-order valence-corrected chi connectivity index (χ4v) is 2.58. The van der Waals surface area contributed by atoms with Crippen LogP contribution < -0.4 is 10.5 Å². The molecular formula is C11H13F3N2O2S2. The van der Waals surface area contributed by atoms with Crippen LogP contribution in [0.15, 0.2) is 24.3 Å². The molecule has 0 radical (unpaired) electrons. The van der Waals surface area contributed by atoms with Gasteiger partial charge in [-0.15, -0.1) is 0 Å². The van der Waals surface area contributed by atoms with Gasteiger partial charge in [0.15, 0.2) is 0 Å². The van der Waals surface area contributed by atoms with Crippen LogP contribution in [0.25, 0.3) is 0 Å². The fraction of sp³-hybridized carbons (Fsp3) is 0.364. The highest BCUT2D eigenvalue weighted by Gasteiger charge is 2.30. The third-order valence-electron chi connectivity index (χ3n) is 2.62. The first-order valence-electron chi connectivity index (χ1n) is 5.48. The van der Waals surface area contributed by atoms with Gasteiger partial charge in [-0.3, -0.25) is 0 Å². The molecule has 0 fully saturated rings. The number of alkyl halides is 3. The van der Waals surface area contributed by atoms with E-state index < -0.39 is 27.0 Å². The SMILES string of the molecule is CC(C(N)=S)S(=O)(=O)NCc1ccc(C(F)(F)F)cc1. The van der Waals surface area contributed by atoms with Gasteiger partial charge in [0.05, 0.1) is 10.6 Å². The Hall–Kier alpha value is -1.19. The van der Waals surface area contributed by atoms with Crippen LogP contribution >= 0.6 is 12.2 Å². The summed E-state index contributed by atoms with van der Waals surface area (Å²) < 4.78 is 62.7. The molecule has 20 heavy (non-hydrogen) atoms. The number of thiocarbonyl (C=S) groups is 1. The molecule has 1 aromatic carbocycles. The zero-order valence-electron chi connectivity index (χ0n) is 10.4. The molecule has 0 aliphatic rings. The second-order valence-electron chi connectivity index (χ2n) is 4.11. The van der Waals surface area contributed by atoms with Gasteiger partial charge in [0.25, 0.3) is 0 Å². The average Bonchev–Trinajstić information content (AvgIpc) is 2.35. The Bertz CT molecular complexity index is 583. The molecule has 4 nitrogen and oxygen atoms in total. The van der Waals surface area contributed by atoms with E-state index in [-0.39, 0.29) is 11.5 Å². The summed E-state index contributed by atoms with van der Waals surface area (Å²) in [4.78, 5) is -0.176. The lowest BCUT2D eigenvalue weighted by atomic mass is 10.1. The number of halogens is 3. The van der Waals surface area contributed by atoms with E-state index in [2.05, 4.69) is 16.9 Å². The Labute approximate surface area is 120 Å². The van der Waals surface area contributed by atoms with E-state index >= 15 is 0 Å². The molecular weight excluding hydrogens is 313 g/mol. The standard InChI is InChI=1S/C11H13F3N2O2S2/c1-7(10(15)19)20(17,18)16-6-8-2-4-9(5-3-8)11(12,13)14/h2-5,7,16H,6H2,1H3,(H2,15,19). The van der Waals surface area contributed by atoms with Crippen molar-refractivity contribution in [3.05, 3.63) is 35.4 Å². The van der Waals surface area contributed by atoms with Crippen LogP contribution in [0.4, 0.5) is 13.2 Å². The van der Waals surface area contributed by atoms with Gasteiger partial charge in [0.1, 0.15) is 5.25 Å². The number of rotatable bonds is 5. The maximum atomic E-state index is 12.3. The fourth-order valence-electron chi connectivity index (χ4n) is 1.27. The molecule has 1 unspecified atom stereocenters. The van der Waals surface area contributed by atoms with E-state index in [1.54, 1.807) is 0 Å².